The van der Waals surface area contributed by atoms with Gasteiger partial charge in [0.05, 0.1) is 5.56 Å². The first-order chi connectivity index (χ1) is 6.66. The second-order valence-corrected chi connectivity index (χ2v) is 3.25. The van der Waals surface area contributed by atoms with E-state index in [0.717, 1.165) is 12.1 Å². The average Bonchev–Trinajstić information content (AvgIpc) is 2.18. The highest BCUT2D eigenvalue weighted by atomic mass is 79.9. The molecule has 0 saturated heterocycles. The lowest BCUT2D eigenvalue weighted by molar-refractivity contribution is 0.491. The van der Waals surface area contributed by atoms with Gasteiger partial charge in [0.1, 0.15) is 5.82 Å². The molecule has 0 nitrogen and oxygen atoms in total. The maximum atomic E-state index is 13.0. The molecule has 74 valence electrons. The first-order valence-electron chi connectivity index (χ1n) is 3.85. The SMILES string of the molecule is Fc1ccc(F)c(C#CCCBr)c1F. The van der Waals surface area contributed by atoms with Gasteiger partial charge in [-0.25, -0.2) is 13.2 Å². The van der Waals surface area contributed by atoms with E-state index in [9.17, 15) is 13.2 Å². The van der Waals surface area contributed by atoms with Crippen LogP contribution in [0.25, 0.3) is 0 Å². The van der Waals surface area contributed by atoms with E-state index in [0.29, 0.717) is 11.8 Å². The van der Waals surface area contributed by atoms with Crippen molar-refractivity contribution < 1.29 is 13.2 Å². The highest BCUT2D eigenvalue weighted by Gasteiger charge is 2.10. The maximum Gasteiger partial charge on any atom is 0.177 e. The van der Waals surface area contributed by atoms with Crippen molar-refractivity contribution in [3.63, 3.8) is 0 Å². The molecule has 0 saturated carbocycles. The van der Waals surface area contributed by atoms with Gasteiger partial charge in [-0.05, 0) is 12.1 Å². The van der Waals surface area contributed by atoms with Crippen LogP contribution in [0.5, 0.6) is 0 Å². The number of hydrogen-bond donors (Lipinski definition) is 0. The number of benzene rings is 1. The summed E-state index contributed by atoms with van der Waals surface area (Å²) < 4.78 is 38.5. The van der Waals surface area contributed by atoms with Gasteiger partial charge in [0.15, 0.2) is 11.6 Å². The van der Waals surface area contributed by atoms with Gasteiger partial charge in [0.25, 0.3) is 0 Å². The molecule has 1 rings (SSSR count). The minimum absolute atomic E-state index is 0.454. The monoisotopic (exact) mass is 262 g/mol. The van der Waals surface area contributed by atoms with Crippen LogP contribution in [0.4, 0.5) is 13.2 Å². The molecule has 0 aromatic heterocycles. The van der Waals surface area contributed by atoms with E-state index in [1.54, 1.807) is 0 Å². The fourth-order valence-electron chi connectivity index (χ4n) is 0.840. The van der Waals surface area contributed by atoms with Crippen LogP contribution < -0.4 is 0 Å². The predicted molar refractivity (Wildman–Crippen MR) is 51.6 cm³/mol. The van der Waals surface area contributed by atoms with Gasteiger partial charge >= 0.3 is 0 Å². The summed E-state index contributed by atoms with van der Waals surface area (Å²) in [6.45, 7) is 0. The molecule has 0 aliphatic carbocycles. The molecule has 0 spiro atoms. The lowest BCUT2D eigenvalue weighted by Crippen LogP contribution is -1.93. The molecule has 0 aliphatic rings. The number of rotatable bonds is 1. The Morgan fingerprint density at radius 3 is 2.43 bits per heavy atom. The van der Waals surface area contributed by atoms with Crippen LogP contribution >= 0.6 is 15.9 Å². The molecule has 1 aromatic carbocycles. The van der Waals surface area contributed by atoms with E-state index in [4.69, 9.17) is 0 Å². The van der Waals surface area contributed by atoms with Crippen LogP contribution in [-0.4, -0.2) is 5.33 Å². The summed E-state index contributed by atoms with van der Waals surface area (Å²) in [5.74, 6) is 1.61. The second kappa shape index (κ2) is 5.06. The van der Waals surface area contributed by atoms with Crippen molar-refractivity contribution >= 4 is 15.9 Å². The van der Waals surface area contributed by atoms with Crippen LogP contribution in [0.2, 0.25) is 0 Å². The molecule has 0 atom stereocenters. The van der Waals surface area contributed by atoms with Crippen LogP contribution in [-0.2, 0) is 0 Å². The molecule has 4 heteroatoms. The first kappa shape index (κ1) is 11.1. The van der Waals surface area contributed by atoms with Crippen molar-refractivity contribution in [2.75, 3.05) is 5.33 Å². The summed E-state index contributed by atoms with van der Waals surface area (Å²) >= 11 is 3.11. The van der Waals surface area contributed by atoms with Gasteiger partial charge in [0, 0.05) is 11.8 Å². The van der Waals surface area contributed by atoms with Crippen molar-refractivity contribution in [3.8, 4) is 11.8 Å². The van der Waals surface area contributed by atoms with Gasteiger partial charge in [-0.1, -0.05) is 27.8 Å². The molecule has 0 amide bonds. The smallest absolute Gasteiger partial charge is 0.177 e. The Kier molecular flexibility index (Phi) is 4.02. The molecular formula is C10H6BrF3. The van der Waals surface area contributed by atoms with E-state index in [-0.39, 0.29) is 0 Å². The zero-order valence-electron chi connectivity index (χ0n) is 7.08. The molecule has 0 bridgehead atoms. The van der Waals surface area contributed by atoms with Crippen molar-refractivity contribution in [1.82, 2.24) is 0 Å². The van der Waals surface area contributed by atoms with Gasteiger partial charge in [-0.15, -0.1) is 0 Å². The molecule has 0 unspecified atom stereocenters. The quantitative estimate of drug-likeness (QED) is 0.414. The minimum Gasteiger partial charge on any atom is -0.206 e. The fourth-order valence-corrected chi connectivity index (χ4v) is 1.04. The third-order valence-corrected chi connectivity index (χ3v) is 1.87. The van der Waals surface area contributed by atoms with Crippen molar-refractivity contribution in [2.45, 2.75) is 6.42 Å². The highest BCUT2D eigenvalue weighted by Crippen LogP contribution is 2.14. The normalized spacial score (nSPS) is 9.43. The van der Waals surface area contributed by atoms with Crippen molar-refractivity contribution in [1.29, 1.82) is 0 Å². The molecular weight excluding hydrogens is 257 g/mol. The summed E-state index contributed by atoms with van der Waals surface area (Å²) in [6, 6.07) is 1.59. The summed E-state index contributed by atoms with van der Waals surface area (Å²) in [6.07, 6.45) is 0.454. The standard InChI is InChI=1S/C10H6BrF3/c11-6-2-1-3-7-8(12)4-5-9(13)10(7)14/h4-5H,2,6H2. The number of alkyl halides is 1. The largest absolute Gasteiger partial charge is 0.206 e. The summed E-state index contributed by atoms with van der Waals surface area (Å²) in [7, 11) is 0. The highest BCUT2D eigenvalue weighted by molar-refractivity contribution is 9.09. The molecule has 1 aromatic rings. The summed E-state index contributed by atoms with van der Waals surface area (Å²) in [4.78, 5) is 0. The Balaban J connectivity index is 3.08. The van der Waals surface area contributed by atoms with E-state index < -0.39 is 23.0 Å². The van der Waals surface area contributed by atoms with E-state index in [2.05, 4.69) is 27.8 Å². The average molecular weight is 263 g/mol. The predicted octanol–water partition coefficient (Wildman–Crippen LogP) is 3.24. The topological polar surface area (TPSA) is 0 Å². The Morgan fingerprint density at radius 2 is 1.79 bits per heavy atom. The van der Waals surface area contributed by atoms with Crippen LogP contribution in [0.15, 0.2) is 12.1 Å². The van der Waals surface area contributed by atoms with E-state index >= 15 is 0 Å². The van der Waals surface area contributed by atoms with Crippen LogP contribution in [0.3, 0.4) is 0 Å². The fraction of sp³-hybridized carbons (Fsp3) is 0.200. The third kappa shape index (κ3) is 2.52. The summed E-state index contributed by atoms with van der Waals surface area (Å²) in [5, 5.41) is 0.610. The zero-order valence-corrected chi connectivity index (χ0v) is 8.67. The lowest BCUT2D eigenvalue weighted by atomic mass is 10.2. The minimum atomic E-state index is -1.23. The number of hydrogen-bond acceptors (Lipinski definition) is 0. The molecule has 0 heterocycles. The molecule has 0 fully saturated rings. The van der Waals surface area contributed by atoms with Gasteiger partial charge in [0.2, 0.25) is 0 Å². The van der Waals surface area contributed by atoms with E-state index in [1.165, 1.54) is 0 Å². The zero-order chi connectivity index (χ0) is 10.6. The van der Waals surface area contributed by atoms with Crippen LogP contribution in [0.1, 0.15) is 12.0 Å². The Labute approximate surface area is 88.3 Å². The molecule has 14 heavy (non-hydrogen) atoms. The number of halogens is 4. The Morgan fingerprint density at radius 1 is 1.14 bits per heavy atom. The Hall–Kier alpha value is -0.950. The van der Waals surface area contributed by atoms with Gasteiger partial charge in [-0.3, -0.25) is 0 Å². The summed E-state index contributed by atoms with van der Waals surface area (Å²) in [5.41, 5.74) is -0.508. The van der Waals surface area contributed by atoms with E-state index in [1.807, 2.05) is 0 Å². The maximum absolute atomic E-state index is 13.0. The second-order valence-electron chi connectivity index (χ2n) is 2.46. The molecule has 0 radical (unpaired) electrons. The van der Waals surface area contributed by atoms with Crippen LogP contribution in [0, 0.1) is 29.3 Å². The van der Waals surface area contributed by atoms with Gasteiger partial charge in [-0.2, -0.15) is 0 Å². The van der Waals surface area contributed by atoms with Crippen molar-refractivity contribution in [3.05, 3.63) is 35.1 Å². The lowest BCUT2D eigenvalue weighted by Gasteiger charge is -1.97. The molecule has 0 N–H and O–H groups in total. The van der Waals surface area contributed by atoms with Crippen molar-refractivity contribution in [2.24, 2.45) is 0 Å². The third-order valence-electron chi connectivity index (χ3n) is 1.48. The first-order valence-corrected chi connectivity index (χ1v) is 4.97. The van der Waals surface area contributed by atoms with Gasteiger partial charge < -0.3 is 0 Å². The molecule has 0 aliphatic heterocycles. The Bertz CT molecular complexity index is 390.